The van der Waals surface area contributed by atoms with E-state index in [0.717, 1.165) is 5.56 Å². The molecule has 1 heterocycles. The quantitative estimate of drug-likeness (QED) is 0.620. The average Bonchev–Trinajstić information content (AvgIpc) is 3.28. The van der Waals surface area contributed by atoms with Gasteiger partial charge in [0.25, 0.3) is 0 Å². The van der Waals surface area contributed by atoms with E-state index in [9.17, 15) is 4.79 Å². The Hall–Kier alpha value is -2.44. The maximum atomic E-state index is 12.2. The Balaban J connectivity index is 1.74. The molecule has 92 valence electrons. The molecule has 0 saturated carbocycles. The molecular weight excluding hydrogens is 238 g/mol. The summed E-state index contributed by atoms with van der Waals surface area (Å²) in [5, 5.41) is 8.72. The number of Topliss-reactive ketones (excluding diaryl/α,β-unsaturated/α-hetero) is 1. The molecule has 0 unspecified atom stereocenters. The van der Waals surface area contributed by atoms with Gasteiger partial charge in [-0.05, 0) is 29.8 Å². The van der Waals surface area contributed by atoms with Gasteiger partial charge in [0, 0.05) is 5.56 Å². The van der Waals surface area contributed by atoms with Crippen LogP contribution >= 0.6 is 0 Å². The number of hydrogen-bond acceptors (Lipinski definition) is 3. The van der Waals surface area contributed by atoms with E-state index in [-0.39, 0.29) is 11.9 Å². The summed E-state index contributed by atoms with van der Waals surface area (Å²) in [4.78, 5) is 12.2. The topological polar surface area (TPSA) is 53.4 Å². The fourth-order valence-electron chi connectivity index (χ4n) is 2.08. The monoisotopic (exact) mass is 249 g/mol. The first-order chi connectivity index (χ1) is 9.29. The Morgan fingerprint density at radius 2 is 1.74 bits per heavy atom. The number of nitriles is 1. The minimum absolute atomic E-state index is 0.0293. The molecule has 1 fully saturated rings. The van der Waals surface area contributed by atoms with Crippen molar-refractivity contribution in [3.05, 3.63) is 71.3 Å². The molecule has 2 aromatic carbocycles. The summed E-state index contributed by atoms with van der Waals surface area (Å²) in [7, 11) is 0. The number of epoxide rings is 1. The van der Waals surface area contributed by atoms with Crippen LogP contribution in [0.3, 0.4) is 0 Å². The van der Waals surface area contributed by atoms with E-state index in [1.54, 1.807) is 24.3 Å². The highest BCUT2D eigenvalue weighted by molar-refractivity contribution is 6.01. The molecular formula is C16H11NO2. The van der Waals surface area contributed by atoms with Crippen molar-refractivity contribution in [1.29, 1.82) is 5.26 Å². The number of carbonyl (C=O) groups is 1. The van der Waals surface area contributed by atoms with Crippen molar-refractivity contribution in [3.8, 4) is 6.07 Å². The van der Waals surface area contributed by atoms with Crippen molar-refractivity contribution in [1.82, 2.24) is 0 Å². The summed E-state index contributed by atoms with van der Waals surface area (Å²) in [6, 6.07) is 18.4. The third kappa shape index (κ3) is 2.26. The van der Waals surface area contributed by atoms with Gasteiger partial charge in [0.1, 0.15) is 6.10 Å². The summed E-state index contributed by atoms with van der Waals surface area (Å²) in [6.07, 6.45) is -0.528. The van der Waals surface area contributed by atoms with Gasteiger partial charge < -0.3 is 4.74 Å². The second-order valence-corrected chi connectivity index (χ2v) is 4.44. The predicted molar refractivity (Wildman–Crippen MR) is 69.5 cm³/mol. The largest absolute Gasteiger partial charge is 0.356 e. The van der Waals surface area contributed by atoms with Gasteiger partial charge in [-0.15, -0.1) is 0 Å². The van der Waals surface area contributed by atoms with E-state index < -0.39 is 6.10 Å². The normalized spacial score (nSPS) is 20.6. The highest BCUT2D eigenvalue weighted by Crippen LogP contribution is 2.40. The number of hydrogen-bond donors (Lipinski definition) is 0. The van der Waals surface area contributed by atoms with Crippen LogP contribution in [0.2, 0.25) is 0 Å². The van der Waals surface area contributed by atoms with Crippen LogP contribution < -0.4 is 0 Å². The van der Waals surface area contributed by atoms with Crippen molar-refractivity contribution >= 4 is 5.78 Å². The summed E-state index contributed by atoms with van der Waals surface area (Å²) < 4.78 is 5.46. The van der Waals surface area contributed by atoms with Crippen molar-refractivity contribution < 1.29 is 9.53 Å². The second kappa shape index (κ2) is 4.68. The molecule has 0 radical (unpaired) electrons. The number of ketones is 1. The Labute approximate surface area is 111 Å². The molecule has 0 aliphatic carbocycles. The molecule has 2 aromatic rings. The van der Waals surface area contributed by atoms with Crippen LogP contribution in [-0.2, 0) is 4.74 Å². The lowest BCUT2D eigenvalue weighted by Crippen LogP contribution is -2.08. The van der Waals surface area contributed by atoms with Gasteiger partial charge in [-0.3, -0.25) is 4.79 Å². The lowest BCUT2D eigenvalue weighted by atomic mass is 10.0. The van der Waals surface area contributed by atoms with Crippen LogP contribution in [0.5, 0.6) is 0 Å². The van der Waals surface area contributed by atoms with Crippen molar-refractivity contribution in [3.63, 3.8) is 0 Å². The molecule has 3 nitrogen and oxygen atoms in total. The summed E-state index contributed by atoms with van der Waals surface area (Å²) in [5.41, 5.74) is 2.16. The molecule has 19 heavy (non-hydrogen) atoms. The van der Waals surface area contributed by atoms with E-state index in [1.165, 1.54) is 0 Å². The first-order valence-electron chi connectivity index (χ1n) is 6.04. The van der Waals surface area contributed by atoms with Crippen LogP contribution in [0.25, 0.3) is 0 Å². The average molecular weight is 249 g/mol. The van der Waals surface area contributed by atoms with Gasteiger partial charge in [0.15, 0.2) is 11.9 Å². The van der Waals surface area contributed by atoms with Gasteiger partial charge in [0.05, 0.1) is 11.6 Å². The minimum atomic E-state index is -0.393. The van der Waals surface area contributed by atoms with Gasteiger partial charge in [0.2, 0.25) is 0 Å². The molecule has 0 amide bonds. The lowest BCUT2D eigenvalue weighted by Gasteiger charge is -1.98. The molecule has 3 rings (SSSR count). The van der Waals surface area contributed by atoms with Crippen LogP contribution in [0.4, 0.5) is 0 Å². The number of nitrogens with zero attached hydrogens (tertiary/aromatic N) is 1. The Morgan fingerprint density at radius 3 is 2.37 bits per heavy atom. The SMILES string of the molecule is N#Cc1ccc(C(=O)[C@@H]2O[C@H]2c2ccccc2)cc1. The Kier molecular flexibility index (Phi) is 2.86. The van der Waals surface area contributed by atoms with Crippen molar-refractivity contribution in [2.24, 2.45) is 0 Å². The van der Waals surface area contributed by atoms with Crippen LogP contribution in [0.15, 0.2) is 54.6 Å². The third-order valence-electron chi connectivity index (χ3n) is 3.18. The fraction of sp³-hybridized carbons (Fsp3) is 0.125. The van der Waals surface area contributed by atoms with Crippen molar-refractivity contribution in [2.75, 3.05) is 0 Å². The maximum absolute atomic E-state index is 12.2. The zero-order valence-corrected chi connectivity index (χ0v) is 10.1. The minimum Gasteiger partial charge on any atom is -0.356 e. The molecule has 0 N–H and O–H groups in total. The molecule has 2 atom stereocenters. The zero-order valence-electron chi connectivity index (χ0n) is 10.1. The van der Waals surface area contributed by atoms with Gasteiger partial charge in [-0.25, -0.2) is 0 Å². The molecule has 3 heteroatoms. The second-order valence-electron chi connectivity index (χ2n) is 4.44. The first-order valence-corrected chi connectivity index (χ1v) is 6.04. The van der Waals surface area contributed by atoms with Crippen molar-refractivity contribution in [2.45, 2.75) is 12.2 Å². The molecule has 0 aromatic heterocycles. The molecule has 1 aliphatic heterocycles. The molecule has 0 spiro atoms. The van der Waals surface area contributed by atoms with Crippen LogP contribution in [-0.4, -0.2) is 11.9 Å². The van der Waals surface area contributed by atoms with E-state index >= 15 is 0 Å². The molecule has 1 saturated heterocycles. The number of benzene rings is 2. The number of ether oxygens (including phenoxy) is 1. The first kappa shape index (κ1) is 11.6. The zero-order chi connectivity index (χ0) is 13.2. The number of carbonyl (C=O) groups excluding carboxylic acids is 1. The maximum Gasteiger partial charge on any atom is 0.194 e. The summed E-state index contributed by atoms with van der Waals surface area (Å²) in [6.45, 7) is 0. The highest BCUT2D eigenvalue weighted by Gasteiger charge is 2.45. The van der Waals surface area contributed by atoms with E-state index in [4.69, 9.17) is 10.00 Å². The van der Waals surface area contributed by atoms with Gasteiger partial charge in [-0.1, -0.05) is 30.3 Å². The fourth-order valence-corrected chi connectivity index (χ4v) is 2.08. The van der Waals surface area contributed by atoms with E-state index in [0.29, 0.717) is 11.1 Å². The van der Waals surface area contributed by atoms with E-state index in [1.807, 2.05) is 36.4 Å². The number of rotatable bonds is 3. The predicted octanol–water partition coefficient (Wildman–Crippen LogP) is 2.88. The highest BCUT2D eigenvalue weighted by atomic mass is 16.6. The molecule has 1 aliphatic rings. The van der Waals surface area contributed by atoms with Crippen LogP contribution in [0.1, 0.15) is 27.6 Å². The van der Waals surface area contributed by atoms with Gasteiger partial charge in [-0.2, -0.15) is 5.26 Å². The Bertz CT molecular complexity index is 641. The smallest absolute Gasteiger partial charge is 0.194 e. The van der Waals surface area contributed by atoms with Gasteiger partial charge >= 0.3 is 0 Å². The third-order valence-corrected chi connectivity index (χ3v) is 3.18. The lowest BCUT2D eigenvalue weighted by molar-refractivity contribution is 0.0953. The van der Waals surface area contributed by atoms with Crippen LogP contribution in [0, 0.1) is 11.3 Å². The van der Waals surface area contributed by atoms with E-state index in [2.05, 4.69) is 0 Å². The summed E-state index contributed by atoms with van der Waals surface area (Å²) >= 11 is 0. The molecule has 0 bridgehead atoms. The Morgan fingerprint density at radius 1 is 1.05 bits per heavy atom. The standard InChI is InChI=1S/C16H11NO2/c17-10-11-6-8-12(9-7-11)14(18)16-15(19-16)13-4-2-1-3-5-13/h1-9,15-16H/t15-,16-/m0/s1. The summed E-state index contributed by atoms with van der Waals surface area (Å²) in [5.74, 6) is -0.0293.